The molecule has 116 valence electrons. The molecule has 3 rings (SSSR count). The molecular weight excluding hydrogens is 246 g/mol. The first-order valence-electron chi connectivity index (χ1n) is 9.11. The molecule has 3 aliphatic rings. The van der Waals surface area contributed by atoms with E-state index in [9.17, 15) is 0 Å². The van der Waals surface area contributed by atoms with Crippen LogP contribution in [0, 0.1) is 0 Å². The average Bonchev–Trinajstić information content (AvgIpc) is 3.02. The smallest absolute Gasteiger partial charge is 0.0120 e. The number of rotatable bonds is 5. The highest BCUT2D eigenvalue weighted by atomic mass is 15.2. The van der Waals surface area contributed by atoms with Crippen LogP contribution in [0.4, 0.5) is 0 Å². The maximum absolute atomic E-state index is 3.75. The first-order chi connectivity index (χ1) is 9.92. The molecule has 3 fully saturated rings. The third kappa shape index (κ3) is 4.19. The minimum Gasteiger partial charge on any atom is -0.313 e. The average molecular weight is 279 g/mol. The van der Waals surface area contributed by atoms with Gasteiger partial charge in [0, 0.05) is 25.2 Å². The van der Waals surface area contributed by atoms with Crippen LogP contribution in [0.15, 0.2) is 0 Å². The van der Waals surface area contributed by atoms with Gasteiger partial charge < -0.3 is 15.1 Å². The van der Waals surface area contributed by atoms with Crippen molar-refractivity contribution in [1.29, 1.82) is 0 Å². The highest BCUT2D eigenvalue weighted by Crippen LogP contribution is 2.21. The molecule has 1 N–H and O–H groups in total. The molecular formula is C17H33N3. The van der Waals surface area contributed by atoms with Gasteiger partial charge in [-0.15, -0.1) is 0 Å². The van der Waals surface area contributed by atoms with Crippen LogP contribution >= 0.6 is 0 Å². The van der Waals surface area contributed by atoms with Gasteiger partial charge in [-0.3, -0.25) is 0 Å². The van der Waals surface area contributed by atoms with Crippen LogP contribution in [0.25, 0.3) is 0 Å². The van der Waals surface area contributed by atoms with Gasteiger partial charge in [0.25, 0.3) is 0 Å². The van der Waals surface area contributed by atoms with Crippen molar-refractivity contribution in [2.24, 2.45) is 0 Å². The Labute approximate surface area is 125 Å². The summed E-state index contributed by atoms with van der Waals surface area (Å²) >= 11 is 0. The second kappa shape index (κ2) is 7.77. The highest BCUT2D eigenvalue weighted by Gasteiger charge is 2.25. The monoisotopic (exact) mass is 279 g/mol. The number of hydrogen-bond donors (Lipinski definition) is 1. The van der Waals surface area contributed by atoms with Gasteiger partial charge in [0.2, 0.25) is 0 Å². The lowest BCUT2D eigenvalue weighted by atomic mass is 10.00. The largest absolute Gasteiger partial charge is 0.313 e. The van der Waals surface area contributed by atoms with Crippen molar-refractivity contribution < 1.29 is 0 Å². The molecule has 0 bridgehead atoms. The first-order valence-corrected chi connectivity index (χ1v) is 9.11. The molecule has 3 nitrogen and oxygen atoms in total. The molecule has 0 aromatic rings. The maximum Gasteiger partial charge on any atom is 0.0120 e. The van der Waals surface area contributed by atoms with Gasteiger partial charge >= 0.3 is 0 Å². The molecule has 2 heterocycles. The summed E-state index contributed by atoms with van der Waals surface area (Å²) in [6, 6.07) is 1.73. The Kier molecular flexibility index (Phi) is 5.75. The molecule has 0 radical (unpaired) electrons. The normalized spacial score (nSPS) is 28.2. The van der Waals surface area contributed by atoms with E-state index in [0.29, 0.717) is 0 Å². The molecule has 1 aliphatic carbocycles. The predicted octanol–water partition coefficient (Wildman–Crippen LogP) is 2.47. The van der Waals surface area contributed by atoms with Crippen molar-refractivity contribution in [3.63, 3.8) is 0 Å². The summed E-state index contributed by atoms with van der Waals surface area (Å²) in [6.45, 7) is 7.87. The Morgan fingerprint density at radius 2 is 1.45 bits per heavy atom. The van der Waals surface area contributed by atoms with Gasteiger partial charge in [-0.1, -0.05) is 19.3 Å². The fourth-order valence-corrected chi connectivity index (χ4v) is 4.35. The number of nitrogens with one attached hydrogen (secondary N) is 1. The number of nitrogens with zero attached hydrogens (tertiary/aromatic N) is 2. The third-order valence-electron chi connectivity index (χ3n) is 5.68. The SMILES string of the molecule is C1CCN(C2CCN(CCNC3CCCC3)CC2)CC1. The molecule has 3 heteroatoms. The van der Waals surface area contributed by atoms with E-state index in [4.69, 9.17) is 0 Å². The Balaban J connectivity index is 1.29. The van der Waals surface area contributed by atoms with E-state index in [1.54, 1.807) is 0 Å². The Morgan fingerprint density at radius 3 is 2.15 bits per heavy atom. The summed E-state index contributed by atoms with van der Waals surface area (Å²) in [5.74, 6) is 0. The van der Waals surface area contributed by atoms with Gasteiger partial charge in [0.05, 0.1) is 0 Å². The van der Waals surface area contributed by atoms with E-state index in [-0.39, 0.29) is 0 Å². The summed E-state index contributed by atoms with van der Waals surface area (Å²) in [6.07, 6.45) is 12.9. The van der Waals surface area contributed by atoms with Crippen LogP contribution in [0.2, 0.25) is 0 Å². The Morgan fingerprint density at radius 1 is 0.750 bits per heavy atom. The van der Waals surface area contributed by atoms with Crippen LogP contribution in [0.5, 0.6) is 0 Å². The van der Waals surface area contributed by atoms with Crippen LogP contribution in [0.3, 0.4) is 0 Å². The summed E-state index contributed by atoms with van der Waals surface area (Å²) in [4.78, 5) is 5.46. The lowest BCUT2D eigenvalue weighted by Crippen LogP contribution is -2.48. The third-order valence-corrected chi connectivity index (χ3v) is 5.68. The molecule has 0 unspecified atom stereocenters. The molecule has 0 amide bonds. The fourth-order valence-electron chi connectivity index (χ4n) is 4.35. The molecule has 1 saturated carbocycles. The van der Waals surface area contributed by atoms with Crippen molar-refractivity contribution in [2.45, 2.75) is 69.9 Å². The predicted molar refractivity (Wildman–Crippen MR) is 85.1 cm³/mol. The topological polar surface area (TPSA) is 18.5 Å². The second-order valence-corrected chi connectivity index (χ2v) is 7.10. The zero-order valence-corrected chi connectivity index (χ0v) is 13.2. The van der Waals surface area contributed by atoms with Gasteiger partial charge in [-0.05, 0) is 64.7 Å². The number of piperidine rings is 2. The second-order valence-electron chi connectivity index (χ2n) is 7.10. The van der Waals surface area contributed by atoms with Gasteiger partial charge in [-0.2, -0.15) is 0 Å². The summed E-state index contributed by atoms with van der Waals surface area (Å²) in [5, 5.41) is 3.75. The zero-order valence-electron chi connectivity index (χ0n) is 13.2. The van der Waals surface area contributed by atoms with Crippen molar-refractivity contribution in [1.82, 2.24) is 15.1 Å². The summed E-state index contributed by atoms with van der Waals surface area (Å²) in [7, 11) is 0. The van der Waals surface area contributed by atoms with E-state index in [1.165, 1.54) is 97.1 Å². The zero-order chi connectivity index (χ0) is 13.6. The minimum atomic E-state index is 0.834. The van der Waals surface area contributed by atoms with Crippen molar-refractivity contribution in [3.8, 4) is 0 Å². The lowest BCUT2D eigenvalue weighted by molar-refractivity contribution is 0.0926. The van der Waals surface area contributed by atoms with E-state index < -0.39 is 0 Å². The van der Waals surface area contributed by atoms with Gasteiger partial charge in [-0.25, -0.2) is 0 Å². The molecule has 0 aromatic heterocycles. The summed E-state index contributed by atoms with van der Waals surface area (Å²) in [5.41, 5.74) is 0. The standard InChI is InChI=1S/C17H33N3/c1-4-11-20(12-5-1)17-8-13-19(14-9-17)15-10-18-16-6-2-3-7-16/h16-18H,1-15H2. The van der Waals surface area contributed by atoms with Crippen molar-refractivity contribution >= 4 is 0 Å². The van der Waals surface area contributed by atoms with Crippen molar-refractivity contribution in [3.05, 3.63) is 0 Å². The van der Waals surface area contributed by atoms with Crippen LogP contribution in [-0.4, -0.2) is 61.2 Å². The highest BCUT2D eigenvalue weighted by molar-refractivity contribution is 4.82. The van der Waals surface area contributed by atoms with E-state index in [2.05, 4.69) is 15.1 Å². The molecule has 0 spiro atoms. The molecule has 0 aromatic carbocycles. The minimum absolute atomic E-state index is 0.834. The molecule has 20 heavy (non-hydrogen) atoms. The van der Waals surface area contributed by atoms with Crippen molar-refractivity contribution in [2.75, 3.05) is 39.3 Å². The molecule has 0 atom stereocenters. The molecule has 2 saturated heterocycles. The number of likely N-dealkylation sites (tertiary alicyclic amines) is 2. The van der Waals surface area contributed by atoms with E-state index >= 15 is 0 Å². The maximum atomic E-state index is 3.75. The Hall–Kier alpha value is -0.120. The van der Waals surface area contributed by atoms with Gasteiger partial charge in [0.1, 0.15) is 0 Å². The Bertz CT molecular complexity index is 261. The number of hydrogen-bond acceptors (Lipinski definition) is 3. The van der Waals surface area contributed by atoms with E-state index in [1.807, 2.05) is 0 Å². The lowest BCUT2D eigenvalue weighted by Gasteiger charge is -2.40. The van der Waals surface area contributed by atoms with Crippen LogP contribution in [0.1, 0.15) is 57.8 Å². The van der Waals surface area contributed by atoms with Crippen LogP contribution < -0.4 is 5.32 Å². The van der Waals surface area contributed by atoms with E-state index in [0.717, 1.165) is 12.1 Å². The summed E-state index contributed by atoms with van der Waals surface area (Å²) < 4.78 is 0. The van der Waals surface area contributed by atoms with Gasteiger partial charge in [0.15, 0.2) is 0 Å². The first kappa shape index (κ1) is 14.8. The molecule has 2 aliphatic heterocycles. The quantitative estimate of drug-likeness (QED) is 0.834. The fraction of sp³-hybridized carbons (Fsp3) is 1.00. The van der Waals surface area contributed by atoms with Crippen LogP contribution in [-0.2, 0) is 0 Å².